The van der Waals surface area contributed by atoms with Crippen LogP contribution >= 0.6 is 0 Å². The van der Waals surface area contributed by atoms with E-state index in [0.717, 1.165) is 5.56 Å². The molecule has 14 heavy (non-hydrogen) atoms. The van der Waals surface area contributed by atoms with Crippen molar-refractivity contribution in [2.24, 2.45) is 0 Å². The molecule has 0 spiro atoms. The quantitative estimate of drug-likeness (QED) is 0.729. The lowest BCUT2D eigenvalue weighted by atomic mass is 10.2. The fourth-order valence-corrected chi connectivity index (χ4v) is 1.14. The van der Waals surface area contributed by atoms with Crippen LogP contribution in [0.15, 0.2) is 18.3 Å². The predicted molar refractivity (Wildman–Crippen MR) is 50.3 cm³/mol. The molecule has 0 aromatic carbocycles. The van der Waals surface area contributed by atoms with Gasteiger partial charge in [-0.05, 0) is 24.6 Å². The van der Waals surface area contributed by atoms with E-state index in [1.165, 1.54) is 0 Å². The third-order valence-electron chi connectivity index (χ3n) is 1.83. The Labute approximate surface area is 80.8 Å². The topological polar surface area (TPSA) is 74.7 Å². The average Bonchev–Trinajstić information content (AvgIpc) is 2.66. The molecular weight excluding hydrogens is 180 g/mol. The van der Waals surface area contributed by atoms with E-state index in [4.69, 9.17) is 5.11 Å². The van der Waals surface area contributed by atoms with E-state index in [1.807, 2.05) is 19.1 Å². The lowest BCUT2D eigenvalue weighted by Gasteiger charge is -1.94. The Hall–Kier alpha value is -1.75. The summed E-state index contributed by atoms with van der Waals surface area (Å²) in [6.07, 6.45) is 1.71. The van der Waals surface area contributed by atoms with Crippen LogP contribution in [-0.4, -0.2) is 25.3 Å². The summed E-state index contributed by atoms with van der Waals surface area (Å²) in [4.78, 5) is 8.19. The molecule has 2 heterocycles. The second kappa shape index (κ2) is 3.55. The van der Waals surface area contributed by atoms with E-state index in [-0.39, 0.29) is 6.61 Å². The number of nitrogens with zero attached hydrogens (tertiary/aromatic N) is 3. The smallest absolute Gasteiger partial charge is 0.199 e. The van der Waals surface area contributed by atoms with Crippen LogP contribution in [0.4, 0.5) is 0 Å². The van der Waals surface area contributed by atoms with E-state index in [0.29, 0.717) is 17.3 Å². The molecule has 0 atom stereocenters. The third kappa shape index (κ3) is 1.62. The number of hydrogen-bond donors (Lipinski definition) is 2. The van der Waals surface area contributed by atoms with Gasteiger partial charge in [0.15, 0.2) is 11.6 Å². The molecule has 72 valence electrons. The standard InChI is InChI=1S/C9H10N4O/c1-6-2-3-10-7(4-6)9-11-8(5-14)12-13-9/h2-4,14H,5H2,1H3,(H,11,12,13). The van der Waals surface area contributed by atoms with E-state index >= 15 is 0 Å². The van der Waals surface area contributed by atoms with Gasteiger partial charge in [-0.25, -0.2) is 4.98 Å². The van der Waals surface area contributed by atoms with Crippen molar-refractivity contribution in [3.8, 4) is 11.5 Å². The van der Waals surface area contributed by atoms with Crippen molar-refractivity contribution in [1.29, 1.82) is 0 Å². The van der Waals surface area contributed by atoms with E-state index < -0.39 is 0 Å². The fraction of sp³-hybridized carbons (Fsp3) is 0.222. The van der Waals surface area contributed by atoms with Crippen molar-refractivity contribution in [2.45, 2.75) is 13.5 Å². The van der Waals surface area contributed by atoms with Crippen LogP contribution in [0, 0.1) is 6.92 Å². The van der Waals surface area contributed by atoms with Crippen molar-refractivity contribution in [2.75, 3.05) is 0 Å². The van der Waals surface area contributed by atoms with E-state index in [2.05, 4.69) is 20.2 Å². The first-order chi connectivity index (χ1) is 6.79. The molecular formula is C9H10N4O. The van der Waals surface area contributed by atoms with Crippen molar-refractivity contribution in [3.05, 3.63) is 29.7 Å². The van der Waals surface area contributed by atoms with Gasteiger partial charge in [-0.15, -0.1) is 0 Å². The Morgan fingerprint density at radius 3 is 3.00 bits per heavy atom. The Kier molecular flexibility index (Phi) is 2.24. The highest BCUT2D eigenvalue weighted by Crippen LogP contribution is 2.12. The Morgan fingerprint density at radius 1 is 1.50 bits per heavy atom. The monoisotopic (exact) mass is 190 g/mol. The van der Waals surface area contributed by atoms with Crippen LogP contribution in [-0.2, 0) is 6.61 Å². The van der Waals surface area contributed by atoms with Gasteiger partial charge in [0.25, 0.3) is 0 Å². The molecule has 0 saturated carbocycles. The summed E-state index contributed by atoms with van der Waals surface area (Å²) >= 11 is 0. The number of nitrogens with one attached hydrogen (secondary N) is 1. The minimum Gasteiger partial charge on any atom is -0.388 e. The predicted octanol–water partition coefficient (Wildman–Crippen LogP) is 0.667. The SMILES string of the molecule is Cc1ccnc(-c2n[nH]c(CO)n2)c1. The molecule has 0 aliphatic heterocycles. The summed E-state index contributed by atoms with van der Waals surface area (Å²) in [5, 5.41) is 15.4. The van der Waals surface area contributed by atoms with Crippen LogP contribution in [0.3, 0.4) is 0 Å². The molecule has 0 unspecified atom stereocenters. The van der Waals surface area contributed by atoms with Crippen molar-refractivity contribution in [1.82, 2.24) is 20.2 Å². The number of hydrogen-bond acceptors (Lipinski definition) is 4. The molecule has 0 amide bonds. The summed E-state index contributed by atoms with van der Waals surface area (Å²) in [6.45, 7) is 1.84. The van der Waals surface area contributed by atoms with Gasteiger partial charge >= 0.3 is 0 Å². The highest BCUT2D eigenvalue weighted by Gasteiger charge is 2.05. The molecule has 0 aliphatic rings. The molecule has 5 heteroatoms. The molecule has 2 aromatic rings. The number of pyridine rings is 1. The second-order valence-corrected chi connectivity index (χ2v) is 2.98. The number of aromatic nitrogens is 4. The number of aliphatic hydroxyl groups is 1. The van der Waals surface area contributed by atoms with Gasteiger partial charge in [0.2, 0.25) is 0 Å². The molecule has 5 nitrogen and oxygen atoms in total. The lowest BCUT2D eigenvalue weighted by Crippen LogP contribution is -1.87. The minimum atomic E-state index is -0.140. The van der Waals surface area contributed by atoms with Gasteiger partial charge in [0.05, 0.1) is 0 Å². The van der Waals surface area contributed by atoms with Gasteiger partial charge in [0.1, 0.15) is 12.3 Å². The maximum atomic E-state index is 8.80. The number of rotatable bonds is 2. The average molecular weight is 190 g/mol. The minimum absolute atomic E-state index is 0.140. The Bertz CT molecular complexity index is 438. The van der Waals surface area contributed by atoms with Crippen molar-refractivity contribution in [3.63, 3.8) is 0 Å². The molecule has 2 rings (SSSR count). The maximum Gasteiger partial charge on any atom is 0.199 e. The second-order valence-electron chi connectivity index (χ2n) is 2.98. The van der Waals surface area contributed by atoms with Crippen LogP contribution in [0.1, 0.15) is 11.4 Å². The summed E-state index contributed by atoms with van der Waals surface area (Å²) in [5.74, 6) is 0.959. The van der Waals surface area contributed by atoms with Crippen LogP contribution < -0.4 is 0 Å². The summed E-state index contributed by atoms with van der Waals surface area (Å²) in [6, 6.07) is 3.80. The van der Waals surface area contributed by atoms with Gasteiger partial charge in [-0.1, -0.05) is 0 Å². The third-order valence-corrected chi connectivity index (χ3v) is 1.83. The Balaban J connectivity index is 2.39. The normalized spacial score (nSPS) is 10.4. The van der Waals surface area contributed by atoms with Crippen LogP contribution in [0.5, 0.6) is 0 Å². The zero-order valence-electron chi connectivity index (χ0n) is 7.73. The van der Waals surface area contributed by atoms with E-state index in [9.17, 15) is 0 Å². The maximum absolute atomic E-state index is 8.80. The first kappa shape index (κ1) is 8.83. The van der Waals surface area contributed by atoms with Crippen molar-refractivity contribution < 1.29 is 5.11 Å². The van der Waals surface area contributed by atoms with Gasteiger partial charge in [0, 0.05) is 6.20 Å². The molecule has 2 aromatic heterocycles. The first-order valence-electron chi connectivity index (χ1n) is 4.25. The van der Waals surface area contributed by atoms with Crippen molar-refractivity contribution >= 4 is 0 Å². The fourth-order valence-electron chi connectivity index (χ4n) is 1.14. The molecule has 0 bridgehead atoms. The largest absolute Gasteiger partial charge is 0.388 e. The highest BCUT2D eigenvalue weighted by molar-refractivity contribution is 5.49. The van der Waals surface area contributed by atoms with Crippen LogP contribution in [0.25, 0.3) is 11.5 Å². The number of aryl methyl sites for hydroxylation is 1. The number of H-pyrrole nitrogens is 1. The zero-order valence-corrected chi connectivity index (χ0v) is 7.73. The van der Waals surface area contributed by atoms with E-state index in [1.54, 1.807) is 6.20 Å². The molecule has 0 radical (unpaired) electrons. The summed E-state index contributed by atoms with van der Waals surface area (Å²) in [7, 11) is 0. The Morgan fingerprint density at radius 2 is 2.36 bits per heavy atom. The highest BCUT2D eigenvalue weighted by atomic mass is 16.3. The number of aliphatic hydroxyl groups excluding tert-OH is 1. The summed E-state index contributed by atoms with van der Waals surface area (Å²) < 4.78 is 0. The van der Waals surface area contributed by atoms with Gasteiger partial charge in [-0.2, -0.15) is 5.10 Å². The molecule has 0 saturated heterocycles. The zero-order chi connectivity index (χ0) is 9.97. The lowest BCUT2D eigenvalue weighted by molar-refractivity contribution is 0.272. The number of aromatic amines is 1. The molecule has 2 N–H and O–H groups in total. The van der Waals surface area contributed by atoms with Gasteiger partial charge in [-0.3, -0.25) is 10.1 Å². The van der Waals surface area contributed by atoms with Crippen LogP contribution in [0.2, 0.25) is 0 Å². The molecule has 0 aliphatic carbocycles. The van der Waals surface area contributed by atoms with Gasteiger partial charge < -0.3 is 5.11 Å². The molecule has 0 fully saturated rings. The summed E-state index contributed by atoms with van der Waals surface area (Å²) in [5.41, 5.74) is 1.81. The first-order valence-corrected chi connectivity index (χ1v) is 4.25.